The number of rotatable bonds is 3. The SMILES string of the molecule is COc1ccccc1N1CCc2c(Cl)nc3c(OC(F)(F)F)cccc3c21. The Bertz CT molecular complexity index is 1020. The van der Waals surface area contributed by atoms with Gasteiger partial charge in [-0.25, -0.2) is 4.98 Å². The van der Waals surface area contributed by atoms with Crippen molar-refractivity contribution in [3.05, 3.63) is 53.2 Å². The van der Waals surface area contributed by atoms with Gasteiger partial charge in [0, 0.05) is 17.5 Å². The van der Waals surface area contributed by atoms with Crippen molar-refractivity contribution < 1.29 is 22.6 Å². The zero-order chi connectivity index (χ0) is 19.2. The molecule has 3 aromatic rings. The molecule has 0 aliphatic carbocycles. The van der Waals surface area contributed by atoms with E-state index in [0.717, 1.165) is 16.9 Å². The Labute approximate surface area is 158 Å². The van der Waals surface area contributed by atoms with Crippen molar-refractivity contribution in [2.24, 2.45) is 0 Å². The van der Waals surface area contributed by atoms with Crippen molar-refractivity contribution in [3.8, 4) is 11.5 Å². The number of ether oxygens (including phenoxy) is 2. The molecule has 0 saturated carbocycles. The number of pyridine rings is 1. The van der Waals surface area contributed by atoms with Crippen molar-refractivity contribution in [2.45, 2.75) is 12.8 Å². The first kappa shape index (κ1) is 17.7. The molecule has 0 N–H and O–H groups in total. The van der Waals surface area contributed by atoms with Gasteiger partial charge in [0.2, 0.25) is 0 Å². The van der Waals surface area contributed by atoms with E-state index in [4.69, 9.17) is 16.3 Å². The average Bonchev–Trinajstić information content (AvgIpc) is 3.07. The van der Waals surface area contributed by atoms with Crippen LogP contribution in [0.3, 0.4) is 0 Å². The highest BCUT2D eigenvalue weighted by Gasteiger charge is 2.34. The topological polar surface area (TPSA) is 34.6 Å². The van der Waals surface area contributed by atoms with Gasteiger partial charge in [0.05, 0.1) is 18.5 Å². The number of methoxy groups -OCH3 is 1. The second kappa shape index (κ2) is 6.49. The molecule has 4 rings (SSSR count). The van der Waals surface area contributed by atoms with Crippen molar-refractivity contribution in [1.29, 1.82) is 0 Å². The van der Waals surface area contributed by atoms with Crippen molar-refractivity contribution in [2.75, 3.05) is 18.6 Å². The van der Waals surface area contributed by atoms with E-state index in [1.54, 1.807) is 13.2 Å². The van der Waals surface area contributed by atoms with Gasteiger partial charge in [0.15, 0.2) is 5.75 Å². The second-order valence-corrected chi connectivity index (χ2v) is 6.36. The summed E-state index contributed by atoms with van der Waals surface area (Å²) in [6.07, 6.45) is -4.19. The fraction of sp³-hybridized carbons (Fsp3) is 0.211. The molecule has 8 heteroatoms. The summed E-state index contributed by atoms with van der Waals surface area (Å²) in [4.78, 5) is 6.17. The molecular weight excluding hydrogens is 381 g/mol. The fourth-order valence-electron chi connectivity index (χ4n) is 3.42. The first-order chi connectivity index (χ1) is 12.9. The summed E-state index contributed by atoms with van der Waals surface area (Å²) in [6, 6.07) is 11.9. The van der Waals surface area contributed by atoms with Crippen LogP contribution in [0.4, 0.5) is 24.5 Å². The highest BCUT2D eigenvalue weighted by molar-refractivity contribution is 6.31. The summed E-state index contributed by atoms with van der Waals surface area (Å²) in [6.45, 7) is 0.612. The van der Waals surface area contributed by atoms with E-state index < -0.39 is 6.36 Å². The average molecular weight is 395 g/mol. The van der Waals surface area contributed by atoms with Gasteiger partial charge in [0.1, 0.15) is 16.4 Å². The summed E-state index contributed by atoms with van der Waals surface area (Å²) in [5.41, 5.74) is 2.39. The third kappa shape index (κ3) is 3.12. The van der Waals surface area contributed by atoms with Crippen LogP contribution in [0.2, 0.25) is 5.15 Å². The van der Waals surface area contributed by atoms with Crippen LogP contribution >= 0.6 is 11.6 Å². The van der Waals surface area contributed by atoms with Gasteiger partial charge in [0.25, 0.3) is 0 Å². The van der Waals surface area contributed by atoms with Crippen LogP contribution in [-0.2, 0) is 6.42 Å². The number of para-hydroxylation sites is 3. The van der Waals surface area contributed by atoms with Crippen LogP contribution in [-0.4, -0.2) is 25.0 Å². The number of anilines is 2. The molecule has 0 unspecified atom stereocenters. The van der Waals surface area contributed by atoms with Crippen LogP contribution in [0.5, 0.6) is 11.5 Å². The largest absolute Gasteiger partial charge is 0.573 e. The van der Waals surface area contributed by atoms with E-state index in [9.17, 15) is 13.2 Å². The Hall–Kier alpha value is -2.67. The van der Waals surface area contributed by atoms with E-state index in [1.807, 2.05) is 29.2 Å². The van der Waals surface area contributed by atoms with Gasteiger partial charge < -0.3 is 14.4 Å². The Morgan fingerprint density at radius 1 is 1.07 bits per heavy atom. The summed E-state index contributed by atoms with van der Waals surface area (Å²) < 4.78 is 47.9. The van der Waals surface area contributed by atoms with Gasteiger partial charge >= 0.3 is 6.36 Å². The smallest absolute Gasteiger partial charge is 0.495 e. The van der Waals surface area contributed by atoms with E-state index in [1.165, 1.54) is 12.1 Å². The maximum atomic E-state index is 12.8. The van der Waals surface area contributed by atoms with Crippen LogP contribution in [0.15, 0.2) is 42.5 Å². The first-order valence-electron chi connectivity index (χ1n) is 8.16. The zero-order valence-corrected chi connectivity index (χ0v) is 14.9. The maximum absolute atomic E-state index is 12.8. The predicted molar refractivity (Wildman–Crippen MR) is 97.1 cm³/mol. The van der Waals surface area contributed by atoms with E-state index in [2.05, 4.69) is 9.72 Å². The molecule has 1 aromatic heterocycles. The van der Waals surface area contributed by atoms with Crippen molar-refractivity contribution in [3.63, 3.8) is 0 Å². The van der Waals surface area contributed by atoms with E-state index in [0.29, 0.717) is 24.1 Å². The Morgan fingerprint density at radius 3 is 2.56 bits per heavy atom. The number of aromatic nitrogens is 1. The number of hydrogen-bond donors (Lipinski definition) is 0. The summed E-state index contributed by atoms with van der Waals surface area (Å²) >= 11 is 6.31. The Morgan fingerprint density at radius 2 is 1.81 bits per heavy atom. The normalized spacial score (nSPS) is 13.7. The summed E-state index contributed by atoms with van der Waals surface area (Å²) in [5.74, 6) is 0.283. The quantitative estimate of drug-likeness (QED) is 0.550. The van der Waals surface area contributed by atoms with Crippen LogP contribution in [0.1, 0.15) is 5.56 Å². The third-order valence-electron chi connectivity index (χ3n) is 4.46. The molecule has 0 spiro atoms. The van der Waals surface area contributed by atoms with Crippen LogP contribution in [0.25, 0.3) is 10.9 Å². The molecule has 2 aromatic carbocycles. The molecule has 1 aliphatic heterocycles. The molecule has 0 radical (unpaired) electrons. The number of halogens is 4. The lowest BCUT2D eigenvalue weighted by Crippen LogP contribution is -2.18. The third-order valence-corrected chi connectivity index (χ3v) is 4.77. The molecule has 0 fully saturated rings. The number of benzene rings is 2. The van der Waals surface area contributed by atoms with E-state index >= 15 is 0 Å². The molecule has 140 valence electrons. The highest BCUT2D eigenvalue weighted by atomic mass is 35.5. The first-order valence-corrected chi connectivity index (χ1v) is 8.54. The molecule has 0 saturated heterocycles. The predicted octanol–water partition coefficient (Wildman–Crippen LogP) is 5.49. The minimum absolute atomic E-state index is 0.0698. The van der Waals surface area contributed by atoms with Gasteiger partial charge in [-0.1, -0.05) is 35.9 Å². The number of hydrogen-bond acceptors (Lipinski definition) is 4. The molecule has 27 heavy (non-hydrogen) atoms. The molecule has 4 nitrogen and oxygen atoms in total. The molecule has 2 heterocycles. The minimum Gasteiger partial charge on any atom is -0.495 e. The number of nitrogens with zero attached hydrogens (tertiary/aromatic N) is 2. The highest BCUT2D eigenvalue weighted by Crippen LogP contribution is 2.46. The summed E-state index contributed by atoms with van der Waals surface area (Å²) in [7, 11) is 1.57. The lowest BCUT2D eigenvalue weighted by Gasteiger charge is -2.23. The molecule has 0 bridgehead atoms. The maximum Gasteiger partial charge on any atom is 0.573 e. The Kier molecular flexibility index (Phi) is 4.26. The standard InChI is InChI=1S/C19H14ClF3N2O2/c1-26-14-7-3-2-6-13(14)25-10-9-12-17(25)11-5-4-8-15(27-19(21,22)23)16(11)24-18(12)20/h2-8H,9-10H2,1H3. The minimum atomic E-state index is -4.82. The second-order valence-electron chi connectivity index (χ2n) is 6.00. The van der Waals surface area contributed by atoms with Crippen molar-refractivity contribution >= 4 is 33.9 Å². The van der Waals surface area contributed by atoms with Gasteiger partial charge in [-0.05, 0) is 24.6 Å². The van der Waals surface area contributed by atoms with Gasteiger partial charge in [-0.15, -0.1) is 13.2 Å². The monoisotopic (exact) mass is 394 g/mol. The number of alkyl halides is 3. The molecule has 0 atom stereocenters. The summed E-state index contributed by atoms with van der Waals surface area (Å²) in [5, 5.41) is 0.715. The van der Waals surface area contributed by atoms with Crippen molar-refractivity contribution in [1.82, 2.24) is 4.98 Å². The molecular formula is C19H14ClF3N2O2. The van der Waals surface area contributed by atoms with Crippen LogP contribution < -0.4 is 14.4 Å². The van der Waals surface area contributed by atoms with Crippen LogP contribution in [0, 0.1) is 0 Å². The molecule has 0 amide bonds. The van der Waals surface area contributed by atoms with Gasteiger partial charge in [-0.2, -0.15) is 0 Å². The Balaban J connectivity index is 1.94. The van der Waals surface area contributed by atoms with Gasteiger partial charge in [-0.3, -0.25) is 0 Å². The van der Waals surface area contributed by atoms with E-state index in [-0.39, 0.29) is 16.4 Å². The zero-order valence-electron chi connectivity index (χ0n) is 14.2. The lowest BCUT2D eigenvalue weighted by molar-refractivity contribution is -0.274. The lowest BCUT2D eigenvalue weighted by atomic mass is 10.1. The fourth-order valence-corrected chi connectivity index (χ4v) is 3.69. The number of fused-ring (bicyclic) bond motifs is 3. The molecule has 1 aliphatic rings.